The van der Waals surface area contributed by atoms with Crippen molar-refractivity contribution in [2.45, 2.75) is 12.5 Å². The molecule has 4 heteroatoms. The van der Waals surface area contributed by atoms with Crippen molar-refractivity contribution >= 4 is 33.0 Å². The van der Waals surface area contributed by atoms with Gasteiger partial charge in [0, 0.05) is 10.4 Å². The lowest BCUT2D eigenvalue weighted by molar-refractivity contribution is -0.117. The van der Waals surface area contributed by atoms with Crippen molar-refractivity contribution in [1.29, 1.82) is 0 Å². The van der Waals surface area contributed by atoms with Gasteiger partial charge >= 0.3 is 0 Å². The van der Waals surface area contributed by atoms with Gasteiger partial charge in [-0.25, -0.2) is 0 Å². The number of fused-ring (bicyclic) bond motifs is 1. The van der Waals surface area contributed by atoms with E-state index in [0.29, 0.717) is 6.42 Å². The molecule has 0 fully saturated rings. The van der Waals surface area contributed by atoms with E-state index < -0.39 is 6.04 Å². The average molecular weight is 296 g/mol. The molecule has 0 saturated carbocycles. The summed E-state index contributed by atoms with van der Waals surface area (Å²) in [7, 11) is 0. The van der Waals surface area contributed by atoms with Crippen LogP contribution in [0.4, 0.5) is 5.69 Å². The van der Waals surface area contributed by atoms with E-state index in [-0.39, 0.29) is 5.91 Å². The van der Waals surface area contributed by atoms with Gasteiger partial charge in [0.15, 0.2) is 0 Å². The van der Waals surface area contributed by atoms with E-state index in [1.165, 1.54) is 4.70 Å². The Labute approximate surface area is 127 Å². The van der Waals surface area contributed by atoms with Gasteiger partial charge in [-0.15, -0.1) is 11.3 Å². The highest BCUT2D eigenvalue weighted by atomic mass is 32.1. The maximum absolute atomic E-state index is 12.2. The topological polar surface area (TPSA) is 55.1 Å². The third-order valence-corrected chi connectivity index (χ3v) is 4.25. The molecule has 1 heterocycles. The lowest BCUT2D eigenvalue weighted by Crippen LogP contribution is -2.37. The van der Waals surface area contributed by atoms with Gasteiger partial charge in [-0.2, -0.15) is 0 Å². The Hall–Kier alpha value is -2.17. The summed E-state index contributed by atoms with van der Waals surface area (Å²) >= 11 is 1.69. The maximum atomic E-state index is 12.2. The SMILES string of the molecule is N[C@H](Cc1ccccc1)C(=O)Nc1ccc2sccc2c1. The van der Waals surface area contributed by atoms with Crippen LogP contribution in [0.1, 0.15) is 5.56 Å². The molecule has 1 amide bonds. The number of hydrogen-bond donors (Lipinski definition) is 2. The summed E-state index contributed by atoms with van der Waals surface area (Å²) in [5.74, 6) is -0.159. The standard InChI is InChI=1S/C17H16N2OS/c18-15(10-12-4-2-1-3-5-12)17(20)19-14-6-7-16-13(11-14)8-9-21-16/h1-9,11,15H,10,18H2,(H,19,20)/t15-/m1/s1. The van der Waals surface area contributed by atoms with Crippen molar-refractivity contribution in [3.05, 3.63) is 65.5 Å². The van der Waals surface area contributed by atoms with Crippen molar-refractivity contribution < 1.29 is 4.79 Å². The molecule has 2 aromatic carbocycles. The summed E-state index contributed by atoms with van der Waals surface area (Å²) < 4.78 is 1.21. The monoisotopic (exact) mass is 296 g/mol. The average Bonchev–Trinajstić information content (AvgIpc) is 2.95. The van der Waals surface area contributed by atoms with Crippen LogP contribution in [0.15, 0.2) is 60.0 Å². The smallest absolute Gasteiger partial charge is 0.241 e. The zero-order valence-electron chi connectivity index (χ0n) is 11.5. The van der Waals surface area contributed by atoms with Crippen LogP contribution in [0.2, 0.25) is 0 Å². The molecular weight excluding hydrogens is 280 g/mol. The second kappa shape index (κ2) is 6.08. The predicted molar refractivity (Wildman–Crippen MR) is 88.6 cm³/mol. The Morgan fingerprint density at radius 3 is 2.76 bits per heavy atom. The Balaban J connectivity index is 1.67. The highest BCUT2D eigenvalue weighted by molar-refractivity contribution is 7.17. The summed E-state index contributed by atoms with van der Waals surface area (Å²) in [6.45, 7) is 0. The molecule has 106 valence electrons. The van der Waals surface area contributed by atoms with E-state index in [0.717, 1.165) is 16.6 Å². The van der Waals surface area contributed by atoms with Gasteiger partial charge in [0.2, 0.25) is 5.91 Å². The Bertz CT molecular complexity index is 752. The number of benzene rings is 2. The molecule has 0 spiro atoms. The van der Waals surface area contributed by atoms with Crippen molar-refractivity contribution in [1.82, 2.24) is 0 Å². The largest absolute Gasteiger partial charge is 0.325 e. The number of carbonyl (C=O) groups excluding carboxylic acids is 1. The minimum Gasteiger partial charge on any atom is -0.325 e. The molecular formula is C17H16N2OS. The van der Waals surface area contributed by atoms with Crippen LogP contribution in [0, 0.1) is 0 Å². The lowest BCUT2D eigenvalue weighted by atomic mass is 10.1. The normalized spacial score (nSPS) is 12.2. The van der Waals surface area contributed by atoms with E-state index >= 15 is 0 Å². The van der Waals surface area contributed by atoms with Crippen molar-refractivity contribution in [3.63, 3.8) is 0 Å². The molecule has 1 aromatic heterocycles. The fraction of sp³-hybridized carbons (Fsp3) is 0.118. The first-order valence-corrected chi connectivity index (χ1v) is 7.68. The number of carbonyl (C=O) groups is 1. The van der Waals surface area contributed by atoms with Gasteiger partial charge in [-0.3, -0.25) is 4.79 Å². The van der Waals surface area contributed by atoms with E-state index in [1.54, 1.807) is 11.3 Å². The van der Waals surface area contributed by atoms with Crippen LogP contribution in [0.25, 0.3) is 10.1 Å². The molecule has 0 radical (unpaired) electrons. The molecule has 3 rings (SSSR count). The third-order valence-electron chi connectivity index (χ3n) is 3.36. The highest BCUT2D eigenvalue weighted by Gasteiger charge is 2.14. The number of rotatable bonds is 4. The van der Waals surface area contributed by atoms with Gasteiger partial charge in [-0.1, -0.05) is 30.3 Å². The van der Waals surface area contributed by atoms with Crippen LogP contribution in [-0.2, 0) is 11.2 Å². The number of amides is 1. The van der Waals surface area contributed by atoms with Gasteiger partial charge in [-0.05, 0) is 47.0 Å². The minimum absolute atomic E-state index is 0.159. The Morgan fingerprint density at radius 2 is 1.95 bits per heavy atom. The van der Waals surface area contributed by atoms with Crippen molar-refractivity contribution in [3.8, 4) is 0 Å². The molecule has 1 atom stereocenters. The predicted octanol–water partition coefficient (Wildman–Crippen LogP) is 3.41. The fourth-order valence-electron chi connectivity index (χ4n) is 2.24. The summed E-state index contributed by atoms with van der Waals surface area (Å²) in [6.07, 6.45) is 0.535. The summed E-state index contributed by atoms with van der Waals surface area (Å²) in [6, 6.07) is 17.2. The molecule has 0 aliphatic heterocycles. The summed E-state index contributed by atoms with van der Waals surface area (Å²) in [4.78, 5) is 12.2. The van der Waals surface area contributed by atoms with Crippen LogP contribution in [0.3, 0.4) is 0 Å². The summed E-state index contributed by atoms with van der Waals surface area (Å²) in [5.41, 5.74) is 7.83. The zero-order chi connectivity index (χ0) is 14.7. The molecule has 3 nitrogen and oxygen atoms in total. The summed E-state index contributed by atoms with van der Waals surface area (Å²) in [5, 5.41) is 6.06. The molecule has 0 aliphatic rings. The van der Waals surface area contributed by atoms with Gasteiger partial charge in [0.1, 0.15) is 0 Å². The second-order valence-corrected chi connectivity index (χ2v) is 5.91. The quantitative estimate of drug-likeness (QED) is 0.775. The molecule has 21 heavy (non-hydrogen) atoms. The molecule has 3 N–H and O–H groups in total. The number of anilines is 1. The van der Waals surface area contributed by atoms with Gasteiger partial charge in [0.05, 0.1) is 6.04 Å². The van der Waals surface area contributed by atoms with Gasteiger partial charge in [0.25, 0.3) is 0 Å². The highest BCUT2D eigenvalue weighted by Crippen LogP contribution is 2.24. The molecule has 0 unspecified atom stereocenters. The van der Waals surface area contributed by atoms with E-state index in [2.05, 4.69) is 5.32 Å². The number of hydrogen-bond acceptors (Lipinski definition) is 3. The Kier molecular flexibility index (Phi) is 3.99. The fourth-order valence-corrected chi connectivity index (χ4v) is 3.01. The third kappa shape index (κ3) is 3.29. The van der Waals surface area contributed by atoms with E-state index in [9.17, 15) is 4.79 Å². The maximum Gasteiger partial charge on any atom is 0.241 e. The van der Waals surface area contributed by atoms with Crippen LogP contribution >= 0.6 is 11.3 Å². The van der Waals surface area contributed by atoms with Crippen molar-refractivity contribution in [2.24, 2.45) is 5.73 Å². The van der Waals surface area contributed by atoms with Crippen LogP contribution in [-0.4, -0.2) is 11.9 Å². The Morgan fingerprint density at radius 1 is 1.14 bits per heavy atom. The number of nitrogens with two attached hydrogens (primary N) is 1. The molecule has 3 aromatic rings. The lowest BCUT2D eigenvalue weighted by Gasteiger charge is -2.12. The molecule has 0 aliphatic carbocycles. The van der Waals surface area contributed by atoms with Gasteiger partial charge < -0.3 is 11.1 Å². The molecule has 0 saturated heterocycles. The first kappa shape index (κ1) is 13.8. The van der Waals surface area contributed by atoms with Crippen LogP contribution in [0.5, 0.6) is 0 Å². The second-order valence-electron chi connectivity index (χ2n) is 4.96. The first-order valence-electron chi connectivity index (χ1n) is 6.80. The number of nitrogens with one attached hydrogen (secondary N) is 1. The molecule has 0 bridgehead atoms. The first-order chi connectivity index (χ1) is 10.2. The van der Waals surface area contributed by atoms with Crippen molar-refractivity contribution in [2.75, 3.05) is 5.32 Å². The zero-order valence-corrected chi connectivity index (χ0v) is 12.3. The van der Waals surface area contributed by atoms with E-state index in [4.69, 9.17) is 5.73 Å². The van der Waals surface area contributed by atoms with E-state index in [1.807, 2.05) is 60.0 Å². The van der Waals surface area contributed by atoms with Crippen LogP contribution < -0.4 is 11.1 Å². The minimum atomic E-state index is -0.550. The number of thiophene rings is 1.